The molecular weight excluding hydrogens is 336 g/mol. The number of morpholine rings is 1. The van der Waals surface area contributed by atoms with Crippen molar-refractivity contribution in [2.24, 2.45) is 0 Å². The van der Waals surface area contributed by atoms with E-state index in [1.54, 1.807) is 24.4 Å². The van der Waals surface area contributed by atoms with E-state index in [4.69, 9.17) is 14.6 Å². The number of benzene rings is 1. The first-order valence-corrected chi connectivity index (χ1v) is 8.31. The lowest BCUT2D eigenvalue weighted by molar-refractivity contribution is -0.154. The molecule has 26 heavy (non-hydrogen) atoms. The summed E-state index contributed by atoms with van der Waals surface area (Å²) in [5, 5.41) is 9.06. The number of ether oxygens (including phenoxy) is 2. The molecule has 0 spiro atoms. The molecule has 1 saturated heterocycles. The van der Waals surface area contributed by atoms with Crippen molar-refractivity contribution in [3.8, 4) is 5.75 Å². The van der Waals surface area contributed by atoms with E-state index < -0.39 is 12.1 Å². The number of carbonyl (C=O) groups excluding carboxylic acids is 1. The third kappa shape index (κ3) is 4.37. The fourth-order valence-corrected chi connectivity index (χ4v) is 2.67. The third-order valence-corrected chi connectivity index (χ3v) is 4.09. The molecule has 136 valence electrons. The van der Waals surface area contributed by atoms with Gasteiger partial charge in [0, 0.05) is 17.8 Å². The van der Waals surface area contributed by atoms with Gasteiger partial charge in [-0.1, -0.05) is 12.1 Å². The molecule has 0 radical (unpaired) electrons. The van der Waals surface area contributed by atoms with E-state index in [2.05, 4.69) is 4.98 Å². The minimum atomic E-state index is -1.06. The number of rotatable bonds is 5. The predicted octanol–water partition coefficient (Wildman–Crippen LogP) is 1.89. The normalized spacial score (nSPS) is 17.0. The zero-order chi connectivity index (χ0) is 18.5. The highest BCUT2D eigenvalue weighted by Gasteiger charge is 2.29. The highest BCUT2D eigenvalue weighted by molar-refractivity contribution is 5.94. The second-order valence-electron chi connectivity index (χ2n) is 6.07. The van der Waals surface area contributed by atoms with Gasteiger partial charge in [0.25, 0.3) is 5.91 Å². The van der Waals surface area contributed by atoms with E-state index in [0.717, 1.165) is 11.3 Å². The largest absolute Gasteiger partial charge is 0.487 e. The minimum Gasteiger partial charge on any atom is -0.487 e. The Labute approximate surface area is 151 Å². The molecule has 1 aliphatic rings. The van der Waals surface area contributed by atoms with Crippen LogP contribution in [-0.4, -0.2) is 52.7 Å². The zero-order valence-corrected chi connectivity index (χ0v) is 14.4. The van der Waals surface area contributed by atoms with Crippen molar-refractivity contribution in [3.05, 3.63) is 59.4 Å². The van der Waals surface area contributed by atoms with Crippen molar-refractivity contribution in [2.75, 3.05) is 19.7 Å². The predicted molar refractivity (Wildman–Crippen MR) is 93.0 cm³/mol. The molecule has 0 unspecified atom stereocenters. The van der Waals surface area contributed by atoms with Crippen LogP contribution in [0.5, 0.6) is 5.75 Å². The number of amides is 1. The highest BCUT2D eigenvalue weighted by Crippen LogP contribution is 2.15. The molecule has 1 fully saturated rings. The fraction of sp³-hybridized carbons (Fsp3) is 0.316. The van der Waals surface area contributed by atoms with Gasteiger partial charge in [-0.3, -0.25) is 9.78 Å². The summed E-state index contributed by atoms with van der Waals surface area (Å²) >= 11 is 0. The summed E-state index contributed by atoms with van der Waals surface area (Å²) in [6, 6.07) is 10.8. The second-order valence-corrected chi connectivity index (χ2v) is 6.07. The summed E-state index contributed by atoms with van der Waals surface area (Å²) in [6.45, 7) is 2.85. The molecule has 7 heteroatoms. The Balaban J connectivity index is 1.65. The molecular formula is C19H20N2O5. The van der Waals surface area contributed by atoms with Crippen LogP contribution in [0.4, 0.5) is 0 Å². The molecule has 2 heterocycles. The second kappa shape index (κ2) is 7.97. The quantitative estimate of drug-likeness (QED) is 0.880. The summed E-state index contributed by atoms with van der Waals surface area (Å²) < 4.78 is 10.8. The van der Waals surface area contributed by atoms with Gasteiger partial charge in [0.1, 0.15) is 12.4 Å². The summed E-state index contributed by atoms with van der Waals surface area (Å²) in [5.74, 6) is -0.612. The Bertz CT molecular complexity index is 791. The molecule has 0 bridgehead atoms. The lowest BCUT2D eigenvalue weighted by Crippen LogP contribution is -2.48. The molecule has 0 aliphatic carbocycles. The highest BCUT2D eigenvalue weighted by atomic mass is 16.5. The van der Waals surface area contributed by atoms with E-state index in [-0.39, 0.29) is 19.1 Å². The summed E-state index contributed by atoms with van der Waals surface area (Å²) in [4.78, 5) is 29.4. The summed E-state index contributed by atoms with van der Waals surface area (Å²) in [6.07, 6.45) is 0.678. The van der Waals surface area contributed by atoms with Gasteiger partial charge in [-0.2, -0.15) is 0 Å². The molecule has 0 saturated carbocycles. The summed E-state index contributed by atoms with van der Waals surface area (Å²) in [7, 11) is 0. The summed E-state index contributed by atoms with van der Waals surface area (Å²) in [5.41, 5.74) is 2.26. The molecule has 1 N–H and O–H groups in total. The first kappa shape index (κ1) is 17.9. The van der Waals surface area contributed by atoms with Gasteiger partial charge in [-0.15, -0.1) is 0 Å². The number of aliphatic carboxylic acids is 1. The Hall–Kier alpha value is -2.93. The lowest BCUT2D eigenvalue weighted by atomic mass is 10.1. The molecule has 1 aromatic carbocycles. The standard InChI is InChI=1S/C19H20N2O5/c1-13-5-6-16(10-20-13)26-12-14-3-2-4-15(9-14)18(22)21-7-8-25-17(11-21)19(23)24/h2-6,9-10,17H,7-8,11-12H2,1H3,(H,23,24)/t17-/m1/s1. The number of carbonyl (C=O) groups is 2. The maximum Gasteiger partial charge on any atom is 0.334 e. The number of aromatic nitrogens is 1. The van der Waals surface area contributed by atoms with Crippen LogP contribution in [0, 0.1) is 6.92 Å². The van der Waals surface area contributed by atoms with Crippen LogP contribution in [-0.2, 0) is 16.1 Å². The van der Waals surface area contributed by atoms with E-state index >= 15 is 0 Å². The van der Waals surface area contributed by atoms with Crippen molar-refractivity contribution in [1.29, 1.82) is 0 Å². The molecule has 1 atom stereocenters. The first-order chi connectivity index (χ1) is 12.5. The van der Waals surface area contributed by atoms with Crippen LogP contribution in [0.3, 0.4) is 0 Å². The van der Waals surface area contributed by atoms with Crippen molar-refractivity contribution in [1.82, 2.24) is 9.88 Å². The molecule has 3 rings (SSSR count). The number of aryl methyl sites for hydroxylation is 1. The molecule has 1 amide bonds. The zero-order valence-electron chi connectivity index (χ0n) is 14.4. The molecule has 7 nitrogen and oxygen atoms in total. The number of hydrogen-bond donors (Lipinski definition) is 1. The molecule has 1 aliphatic heterocycles. The van der Waals surface area contributed by atoms with Crippen molar-refractivity contribution in [3.63, 3.8) is 0 Å². The van der Waals surface area contributed by atoms with Crippen molar-refractivity contribution in [2.45, 2.75) is 19.6 Å². The number of carboxylic acids is 1. The van der Waals surface area contributed by atoms with Crippen LogP contribution in [0.1, 0.15) is 21.6 Å². The SMILES string of the molecule is Cc1ccc(OCc2cccc(C(=O)N3CCO[C@@H](C(=O)O)C3)c2)cn1. The first-order valence-electron chi connectivity index (χ1n) is 8.31. The van der Waals surface area contributed by atoms with E-state index in [9.17, 15) is 9.59 Å². The Morgan fingerprint density at radius 3 is 2.92 bits per heavy atom. The van der Waals surface area contributed by atoms with Crippen LogP contribution < -0.4 is 4.74 Å². The molecule has 1 aromatic heterocycles. The number of hydrogen-bond acceptors (Lipinski definition) is 5. The van der Waals surface area contributed by atoms with Crippen LogP contribution in [0.25, 0.3) is 0 Å². The fourth-order valence-electron chi connectivity index (χ4n) is 2.67. The Morgan fingerprint density at radius 2 is 2.19 bits per heavy atom. The minimum absolute atomic E-state index is 0.0456. The Morgan fingerprint density at radius 1 is 1.35 bits per heavy atom. The van der Waals surface area contributed by atoms with Crippen molar-refractivity contribution >= 4 is 11.9 Å². The topological polar surface area (TPSA) is 89.0 Å². The van der Waals surface area contributed by atoms with Crippen LogP contribution in [0.2, 0.25) is 0 Å². The maximum absolute atomic E-state index is 12.7. The third-order valence-electron chi connectivity index (χ3n) is 4.09. The van der Waals surface area contributed by atoms with Crippen molar-refractivity contribution < 1.29 is 24.2 Å². The van der Waals surface area contributed by atoms with Gasteiger partial charge < -0.3 is 19.5 Å². The van der Waals surface area contributed by atoms with E-state index in [0.29, 0.717) is 24.5 Å². The van der Waals surface area contributed by atoms with Crippen LogP contribution >= 0.6 is 0 Å². The van der Waals surface area contributed by atoms with Gasteiger partial charge in [0.15, 0.2) is 6.10 Å². The van der Waals surface area contributed by atoms with Crippen LogP contribution in [0.15, 0.2) is 42.6 Å². The van der Waals surface area contributed by atoms with Gasteiger partial charge in [-0.25, -0.2) is 4.79 Å². The lowest BCUT2D eigenvalue weighted by Gasteiger charge is -2.31. The Kier molecular flexibility index (Phi) is 5.48. The molecule has 2 aromatic rings. The van der Waals surface area contributed by atoms with Gasteiger partial charge in [0.2, 0.25) is 0 Å². The smallest absolute Gasteiger partial charge is 0.334 e. The monoisotopic (exact) mass is 356 g/mol. The van der Waals surface area contributed by atoms with Gasteiger partial charge >= 0.3 is 5.97 Å². The number of nitrogens with zero attached hydrogens (tertiary/aromatic N) is 2. The average Bonchev–Trinajstić information content (AvgIpc) is 2.67. The number of pyridine rings is 1. The average molecular weight is 356 g/mol. The van der Waals surface area contributed by atoms with Gasteiger partial charge in [0.05, 0.1) is 19.3 Å². The van der Waals surface area contributed by atoms with Gasteiger partial charge in [-0.05, 0) is 36.8 Å². The maximum atomic E-state index is 12.7. The van der Waals surface area contributed by atoms with E-state index in [1.807, 2.05) is 25.1 Å². The van der Waals surface area contributed by atoms with E-state index in [1.165, 1.54) is 4.90 Å². The number of carboxylic acid groups (broad SMARTS) is 1.